The molecule has 0 N–H and O–H groups in total. The molecule has 0 radical (unpaired) electrons. The molecule has 1 heterocycles. The third-order valence-electron chi connectivity index (χ3n) is 3.86. The molecule has 0 bridgehead atoms. The van der Waals surface area contributed by atoms with Gasteiger partial charge < -0.3 is 4.90 Å². The van der Waals surface area contributed by atoms with Crippen molar-refractivity contribution in [3.8, 4) is 5.69 Å². The van der Waals surface area contributed by atoms with Crippen LogP contribution in [0.5, 0.6) is 0 Å². The number of carbonyl (C=O) groups excluding carboxylic acids is 1. The van der Waals surface area contributed by atoms with E-state index in [9.17, 15) is 18.0 Å². The molecule has 0 unspecified atom stereocenters. The minimum Gasteiger partial charge on any atom is -0.336 e. The largest absolute Gasteiger partial charge is 0.416 e. The number of aromatic nitrogens is 3. The highest BCUT2D eigenvalue weighted by atomic mass is 35.5. The monoisotopic (exact) mass is 394 g/mol. The molecule has 0 fully saturated rings. The van der Waals surface area contributed by atoms with E-state index in [-0.39, 0.29) is 12.2 Å². The molecule has 9 heteroatoms. The standard InChI is InChI=1S/C18H14ClF3N4O/c1-25(10-12-6-8-13(9-7-12)18(20,21)22)17(27)15-11-26(24-23-15)16-5-3-2-4-14(16)19/h2-9,11H,10H2,1H3. The van der Waals surface area contributed by atoms with Crippen molar-refractivity contribution in [3.05, 3.63) is 76.6 Å². The van der Waals surface area contributed by atoms with Crippen molar-refractivity contribution in [2.45, 2.75) is 12.7 Å². The van der Waals surface area contributed by atoms with Crippen LogP contribution in [0.2, 0.25) is 5.02 Å². The normalized spacial score (nSPS) is 11.4. The summed E-state index contributed by atoms with van der Waals surface area (Å²) in [7, 11) is 1.54. The molecule has 140 valence electrons. The van der Waals surface area contributed by atoms with E-state index >= 15 is 0 Å². The van der Waals surface area contributed by atoms with Crippen molar-refractivity contribution in [1.82, 2.24) is 19.9 Å². The fourth-order valence-corrected chi connectivity index (χ4v) is 2.68. The lowest BCUT2D eigenvalue weighted by molar-refractivity contribution is -0.137. The zero-order chi connectivity index (χ0) is 19.6. The maximum absolute atomic E-state index is 12.6. The molecule has 0 atom stereocenters. The number of carbonyl (C=O) groups is 1. The van der Waals surface area contributed by atoms with Gasteiger partial charge in [0.1, 0.15) is 0 Å². The van der Waals surface area contributed by atoms with Crippen LogP contribution in [0.25, 0.3) is 5.69 Å². The molecule has 1 aromatic heterocycles. The molecule has 1 amide bonds. The smallest absolute Gasteiger partial charge is 0.336 e. The molecule has 0 aliphatic rings. The van der Waals surface area contributed by atoms with E-state index in [2.05, 4.69) is 10.3 Å². The van der Waals surface area contributed by atoms with Crippen LogP contribution in [0.4, 0.5) is 13.2 Å². The number of benzene rings is 2. The van der Waals surface area contributed by atoms with Gasteiger partial charge in [-0.3, -0.25) is 4.79 Å². The summed E-state index contributed by atoms with van der Waals surface area (Å²) in [4.78, 5) is 13.9. The highest BCUT2D eigenvalue weighted by Gasteiger charge is 2.30. The van der Waals surface area contributed by atoms with Crippen LogP contribution < -0.4 is 0 Å². The summed E-state index contributed by atoms with van der Waals surface area (Å²) in [6, 6.07) is 11.6. The van der Waals surface area contributed by atoms with Crippen LogP contribution in [0, 0.1) is 0 Å². The molecule has 0 aliphatic heterocycles. The molecule has 0 saturated carbocycles. The Kier molecular flexibility index (Phi) is 5.18. The fraction of sp³-hybridized carbons (Fsp3) is 0.167. The number of hydrogen-bond acceptors (Lipinski definition) is 3. The highest BCUT2D eigenvalue weighted by molar-refractivity contribution is 6.32. The molecular formula is C18H14ClF3N4O. The lowest BCUT2D eigenvalue weighted by Gasteiger charge is -2.16. The van der Waals surface area contributed by atoms with Crippen molar-refractivity contribution >= 4 is 17.5 Å². The minimum absolute atomic E-state index is 0.101. The van der Waals surface area contributed by atoms with Gasteiger partial charge in [-0.05, 0) is 29.8 Å². The Morgan fingerprint density at radius 1 is 1.15 bits per heavy atom. The van der Waals surface area contributed by atoms with Crippen molar-refractivity contribution in [1.29, 1.82) is 0 Å². The first kappa shape index (κ1) is 18.9. The lowest BCUT2D eigenvalue weighted by atomic mass is 10.1. The summed E-state index contributed by atoms with van der Waals surface area (Å²) in [6.07, 6.45) is -2.94. The summed E-state index contributed by atoms with van der Waals surface area (Å²) in [5.74, 6) is -0.409. The van der Waals surface area contributed by atoms with Crippen LogP contribution >= 0.6 is 11.6 Å². The summed E-state index contributed by atoms with van der Waals surface area (Å²) < 4.78 is 39.2. The summed E-state index contributed by atoms with van der Waals surface area (Å²) in [6.45, 7) is 0.135. The number of halogens is 4. The van der Waals surface area contributed by atoms with Crippen molar-refractivity contribution < 1.29 is 18.0 Å². The minimum atomic E-state index is -4.39. The fourth-order valence-electron chi connectivity index (χ4n) is 2.46. The lowest BCUT2D eigenvalue weighted by Crippen LogP contribution is -2.26. The topological polar surface area (TPSA) is 51.0 Å². The van der Waals surface area contributed by atoms with Gasteiger partial charge in [-0.1, -0.05) is 41.1 Å². The van der Waals surface area contributed by atoms with E-state index in [1.165, 1.54) is 35.0 Å². The van der Waals surface area contributed by atoms with Gasteiger partial charge in [0.2, 0.25) is 0 Å². The maximum Gasteiger partial charge on any atom is 0.416 e. The number of alkyl halides is 3. The van der Waals surface area contributed by atoms with Gasteiger partial charge in [0.15, 0.2) is 5.69 Å². The molecule has 0 spiro atoms. The Labute approximate surface area is 158 Å². The number of amides is 1. The maximum atomic E-state index is 12.6. The van der Waals surface area contributed by atoms with Gasteiger partial charge in [-0.15, -0.1) is 5.10 Å². The third kappa shape index (κ3) is 4.28. The van der Waals surface area contributed by atoms with Crippen LogP contribution in [0.3, 0.4) is 0 Å². The number of hydrogen-bond donors (Lipinski definition) is 0. The van der Waals surface area contributed by atoms with Crippen molar-refractivity contribution in [3.63, 3.8) is 0 Å². The van der Waals surface area contributed by atoms with Gasteiger partial charge >= 0.3 is 6.18 Å². The van der Waals surface area contributed by atoms with Gasteiger partial charge in [-0.25, -0.2) is 4.68 Å². The van der Waals surface area contributed by atoms with Crippen molar-refractivity contribution in [2.24, 2.45) is 0 Å². The van der Waals surface area contributed by atoms with Crippen LogP contribution in [-0.4, -0.2) is 32.8 Å². The Morgan fingerprint density at radius 2 is 1.81 bits per heavy atom. The predicted molar refractivity (Wildman–Crippen MR) is 93.6 cm³/mol. The zero-order valence-electron chi connectivity index (χ0n) is 14.1. The van der Waals surface area contributed by atoms with E-state index in [4.69, 9.17) is 11.6 Å². The van der Waals surface area contributed by atoms with E-state index in [0.717, 1.165) is 12.1 Å². The van der Waals surface area contributed by atoms with E-state index in [1.807, 2.05) is 0 Å². The first-order valence-corrected chi connectivity index (χ1v) is 8.22. The number of rotatable bonds is 4. The van der Waals surface area contributed by atoms with E-state index in [0.29, 0.717) is 16.3 Å². The molecule has 3 aromatic rings. The molecule has 27 heavy (non-hydrogen) atoms. The van der Waals surface area contributed by atoms with Crippen LogP contribution in [0.15, 0.2) is 54.7 Å². The first-order chi connectivity index (χ1) is 12.8. The average Bonchev–Trinajstić information content (AvgIpc) is 3.11. The van der Waals surface area contributed by atoms with Gasteiger partial charge in [0.25, 0.3) is 5.91 Å². The highest BCUT2D eigenvalue weighted by Crippen LogP contribution is 2.29. The predicted octanol–water partition coefficient (Wildman–Crippen LogP) is 4.21. The second-order valence-corrected chi connectivity index (χ2v) is 6.26. The Bertz CT molecular complexity index is 954. The van der Waals surface area contributed by atoms with E-state index < -0.39 is 17.6 Å². The van der Waals surface area contributed by atoms with Crippen molar-refractivity contribution in [2.75, 3.05) is 7.05 Å². The second kappa shape index (κ2) is 7.40. The first-order valence-electron chi connectivity index (χ1n) is 7.84. The Hall–Kier alpha value is -2.87. The summed E-state index contributed by atoms with van der Waals surface area (Å²) in [5, 5.41) is 8.22. The quantitative estimate of drug-likeness (QED) is 0.666. The molecular weight excluding hydrogens is 381 g/mol. The molecule has 0 aliphatic carbocycles. The van der Waals surface area contributed by atoms with Gasteiger partial charge in [0.05, 0.1) is 22.5 Å². The molecule has 5 nitrogen and oxygen atoms in total. The summed E-state index contributed by atoms with van der Waals surface area (Å²) >= 11 is 6.10. The number of nitrogens with zero attached hydrogens (tertiary/aromatic N) is 4. The Balaban J connectivity index is 1.72. The third-order valence-corrected chi connectivity index (χ3v) is 4.18. The average molecular weight is 395 g/mol. The van der Waals surface area contributed by atoms with Gasteiger partial charge in [-0.2, -0.15) is 13.2 Å². The van der Waals surface area contributed by atoms with Crippen LogP contribution in [0.1, 0.15) is 21.6 Å². The van der Waals surface area contributed by atoms with E-state index in [1.54, 1.807) is 24.3 Å². The summed E-state index contributed by atoms with van der Waals surface area (Å²) in [5.41, 5.74) is 0.515. The molecule has 0 saturated heterocycles. The Morgan fingerprint density at radius 3 is 2.44 bits per heavy atom. The molecule has 3 rings (SSSR count). The number of para-hydroxylation sites is 1. The zero-order valence-corrected chi connectivity index (χ0v) is 14.9. The van der Waals surface area contributed by atoms with Crippen LogP contribution in [-0.2, 0) is 12.7 Å². The molecule has 2 aromatic carbocycles. The SMILES string of the molecule is CN(Cc1ccc(C(F)(F)F)cc1)C(=O)c1cn(-c2ccccc2Cl)nn1. The second-order valence-electron chi connectivity index (χ2n) is 5.86. The van der Waals surface area contributed by atoms with Gasteiger partial charge in [0, 0.05) is 13.6 Å².